The molecule has 21 heavy (non-hydrogen) atoms. The number of ether oxygens (including phenoxy) is 1. The summed E-state index contributed by atoms with van der Waals surface area (Å²) >= 11 is 5.70. The van der Waals surface area contributed by atoms with Gasteiger partial charge in [0.05, 0.1) is 12.5 Å². The number of urea groups is 1. The van der Waals surface area contributed by atoms with Crippen molar-refractivity contribution >= 4 is 39.7 Å². The quantitative estimate of drug-likeness (QED) is 0.786. The van der Waals surface area contributed by atoms with E-state index in [9.17, 15) is 18.0 Å². The second-order valence-corrected chi connectivity index (χ2v) is 5.76. The summed E-state index contributed by atoms with van der Waals surface area (Å²) in [5.74, 6) is -0.695. The largest absolute Gasteiger partial charge is 0.468 e. The molecule has 0 aliphatic heterocycles. The molecule has 0 fully saturated rings. The van der Waals surface area contributed by atoms with E-state index >= 15 is 0 Å². The van der Waals surface area contributed by atoms with Gasteiger partial charge < -0.3 is 10.1 Å². The van der Waals surface area contributed by atoms with Crippen LogP contribution in [0.2, 0.25) is 5.02 Å². The number of amides is 2. The first-order valence-corrected chi connectivity index (χ1v) is 7.56. The summed E-state index contributed by atoms with van der Waals surface area (Å²) in [5, 5.41) is 3.39. The molecule has 0 heterocycles. The lowest BCUT2D eigenvalue weighted by Crippen LogP contribution is -2.41. The zero-order valence-electron chi connectivity index (χ0n) is 11.0. The van der Waals surface area contributed by atoms with Crippen molar-refractivity contribution in [1.29, 1.82) is 0 Å². The van der Waals surface area contributed by atoms with E-state index in [1.165, 1.54) is 6.08 Å². The first-order valence-electron chi connectivity index (χ1n) is 5.63. The second-order valence-electron chi connectivity index (χ2n) is 3.76. The van der Waals surface area contributed by atoms with Crippen LogP contribution in [0, 0.1) is 0 Å². The molecule has 0 unspecified atom stereocenters. The standard InChI is InChI=1S/C12H13ClN2O5S/c1-20-11(16)8-14-12(17)15-21(18,19)7-6-9-2-4-10(13)5-3-9/h2-7H,8H2,1H3,(H2,14,15,17)/b7-6+. The van der Waals surface area contributed by atoms with Crippen molar-refractivity contribution in [2.24, 2.45) is 0 Å². The van der Waals surface area contributed by atoms with Crippen LogP contribution in [0.25, 0.3) is 6.08 Å². The van der Waals surface area contributed by atoms with E-state index in [0.717, 1.165) is 12.5 Å². The lowest BCUT2D eigenvalue weighted by Gasteiger charge is -2.04. The van der Waals surface area contributed by atoms with Crippen LogP contribution >= 0.6 is 11.6 Å². The lowest BCUT2D eigenvalue weighted by atomic mass is 10.2. The van der Waals surface area contributed by atoms with Crippen LogP contribution < -0.4 is 10.0 Å². The molecule has 1 rings (SSSR count). The molecule has 0 saturated carbocycles. The Morgan fingerprint density at radius 3 is 2.48 bits per heavy atom. The summed E-state index contributed by atoms with van der Waals surface area (Å²) in [6, 6.07) is 5.41. The Hall–Kier alpha value is -2.06. The highest BCUT2D eigenvalue weighted by Gasteiger charge is 2.11. The second kappa shape index (κ2) is 7.65. The monoisotopic (exact) mass is 332 g/mol. The molecule has 0 spiro atoms. The average Bonchev–Trinajstić information content (AvgIpc) is 2.43. The molecule has 114 valence electrons. The Morgan fingerprint density at radius 2 is 1.90 bits per heavy atom. The summed E-state index contributed by atoms with van der Waals surface area (Å²) in [7, 11) is -2.83. The van der Waals surface area contributed by atoms with Crippen molar-refractivity contribution in [3.05, 3.63) is 40.3 Å². The number of carbonyl (C=O) groups is 2. The number of methoxy groups -OCH3 is 1. The number of hydrogen-bond donors (Lipinski definition) is 2. The topological polar surface area (TPSA) is 102 Å². The van der Waals surface area contributed by atoms with Gasteiger partial charge in [0.15, 0.2) is 0 Å². The van der Waals surface area contributed by atoms with E-state index < -0.39 is 28.6 Å². The molecule has 0 saturated heterocycles. The van der Waals surface area contributed by atoms with E-state index in [0.29, 0.717) is 10.6 Å². The predicted molar refractivity (Wildman–Crippen MR) is 78.0 cm³/mol. The molecular weight excluding hydrogens is 320 g/mol. The summed E-state index contributed by atoms with van der Waals surface area (Å²) < 4.78 is 29.2. The summed E-state index contributed by atoms with van der Waals surface area (Å²) in [4.78, 5) is 22.1. The summed E-state index contributed by atoms with van der Waals surface area (Å²) in [6.45, 7) is -0.432. The predicted octanol–water partition coefficient (Wildman–Crippen LogP) is 1.11. The zero-order valence-corrected chi connectivity index (χ0v) is 12.6. The van der Waals surface area contributed by atoms with Crippen LogP contribution in [0.4, 0.5) is 4.79 Å². The van der Waals surface area contributed by atoms with Crippen LogP contribution in [-0.4, -0.2) is 34.1 Å². The highest BCUT2D eigenvalue weighted by atomic mass is 35.5. The molecule has 0 atom stereocenters. The fraction of sp³-hybridized carbons (Fsp3) is 0.167. The Balaban J connectivity index is 2.59. The van der Waals surface area contributed by atoms with Gasteiger partial charge >= 0.3 is 12.0 Å². The number of rotatable bonds is 5. The molecule has 0 aliphatic rings. The third-order valence-corrected chi connectivity index (χ3v) is 3.38. The highest BCUT2D eigenvalue weighted by molar-refractivity contribution is 7.93. The Labute approximate surface area is 127 Å². The van der Waals surface area contributed by atoms with Gasteiger partial charge in [0, 0.05) is 5.02 Å². The lowest BCUT2D eigenvalue weighted by molar-refractivity contribution is -0.139. The van der Waals surface area contributed by atoms with Crippen molar-refractivity contribution in [2.45, 2.75) is 0 Å². The minimum Gasteiger partial charge on any atom is -0.468 e. The van der Waals surface area contributed by atoms with Gasteiger partial charge in [-0.25, -0.2) is 17.9 Å². The van der Waals surface area contributed by atoms with Gasteiger partial charge in [-0.05, 0) is 23.8 Å². The van der Waals surface area contributed by atoms with Crippen LogP contribution in [0.1, 0.15) is 5.56 Å². The molecule has 0 bridgehead atoms. The van der Waals surface area contributed by atoms with Gasteiger partial charge in [-0.15, -0.1) is 0 Å². The van der Waals surface area contributed by atoms with Crippen LogP contribution in [0.3, 0.4) is 0 Å². The normalized spacial score (nSPS) is 11.1. The highest BCUT2D eigenvalue weighted by Crippen LogP contribution is 2.10. The van der Waals surface area contributed by atoms with Gasteiger partial charge in [0.2, 0.25) is 0 Å². The van der Waals surface area contributed by atoms with E-state index in [-0.39, 0.29) is 0 Å². The number of sulfonamides is 1. The summed E-state index contributed by atoms with van der Waals surface area (Å²) in [6.07, 6.45) is 1.30. The minimum atomic E-state index is -3.97. The Morgan fingerprint density at radius 1 is 1.29 bits per heavy atom. The van der Waals surface area contributed by atoms with Gasteiger partial charge in [0.1, 0.15) is 6.54 Å². The molecule has 2 N–H and O–H groups in total. The Kier molecular flexibility index (Phi) is 6.19. The molecule has 0 aliphatic carbocycles. The molecule has 1 aromatic rings. The zero-order chi connectivity index (χ0) is 15.9. The van der Waals surface area contributed by atoms with E-state index in [2.05, 4.69) is 4.74 Å². The van der Waals surface area contributed by atoms with Crippen molar-refractivity contribution in [3.63, 3.8) is 0 Å². The molecule has 2 amide bonds. The fourth-order valence-electron chi connectivity index (χ4n) is 1.17. The fourth-order valence-corrected chi connectivity index (χ4v) is 2.03. The molecule has 1 aromatic carbocycles. The maximum absolute atomic E-state index is 11.6. The molecule has 0 radical (unpaired) electrons. The van der Waals surface area contributed by atoms with Crippen molar-refractivity contribution in [1.82, 2.24) is 10.0 Å². The number of nitrogens with one attached hydrogen (secondary N) is 2. The van der Waals surface area contributed by atoms with Gasteiger partial charge in [-0.3, -0.25) is 4.79 Å². The average molecular weight is 333 g/mol. The summed E-state index contributed by atoms with van der Waals surface area (Å²) in [5.41, 5.74) is 0.597. The number of benzene rings is 1. The van der Waals surface area contributed by atoms with Crippen LogP contribution in [0.15, 0.2) is 29.7 Å². The molecule has 0 aromatic heterocycles. The van der Waals surface area contributed by atoms with E-state index in [1.807, 2.05) is 5.32 Å². The molecular formula is C12H13ClN2O5S. The van der Waals surface area contributed by atoms with E-state index in [4.69, 9.17) is 11.6 Å². The maximum Gasteiger partial charge on any atom is 0.329 e. The number of hydrogen-bond acceptors (Lipinski definition) is 5. The number of halogens is 1. The SMILES string of the molecule is COC(=O)CNC(=O)NS(=O)(=O)/C=C/c1ccc(Cl)cc1. The van der Waals surface area contributed by atoms with E-state index in [1.54, 1.807) is 29.0 Å². The van der Waals surface area contributed by atoms with Gasteiger partial charge in [-0.2, -0.15) is 0 Å². The first-order chi connectivity index (χ1) is 9.82. The smallest absolute Gasteiger partial charge is 0.329 e. The maximum atomic E-state index is 11.6. The first kappa shape index (κ1) is 17.0. The third kappa shape index (κ3) is 6.77. The Bertz CT molecular complexity index is 640. The molecule has 7 nitrogen and oxygen atoms in total. The van der Waals surface area contributed by atoms with Crippen molar-refractivity contribution in [3.8, 4) is 0 Å². The minimum absolute atomic E-state index is 0.432. The van der Waals surface area contributed by atoms with Crippen molar-refractivity contribution in [2.75, 3.05) is 13.7 Å². The molecule has 9 heteroatoms. The van der Waals surface area contributed by atoms with Crippen LogP contribution in [-0.2, 0) is 19.6 Å². The number of esters is 1. The van der Waals surface area contributed by atoms with Crippen LogP contribution in [0.5, 0.6) is 0 Å². The number of carbonyl (C=O) groups excluding carboxylic acids is 2. The van der Waals surface area contributed by atoms with Crippen molar-refractivity contribution < 1.29 is 22.7 Å². The third-order valence-electron chi connectivity index (χ3n) is 2.17. The van der Waals surface area contributed by atoms with Gasteiger partial charge in [0.25, 0.3) is 10.0 Å². The van der Waals surface area contributed by atoms with Gasteiger partial charge in [-0.1, -0.05) is 23.7 Å².